The van der Waals surface area contributed by atoms with Crippen LogP contribution in [0.2, 0.25) is 0 Å². The van der Waals surface area contributed by atoms with Gasteiger partial charge in [-0.3, -0.25) is 4.90 Å². The van der Waals surface area contributed by atoms with Gasteiger partial charge < -0.3 is 19.0 Å². The van der Waals surface area contributed by atoms with Crippen LogP contribution in [0.3, 0.4) is 0 Å². The van der Waals surface area contributed by atoms with E-state index in [0.29, 0.717) is 12.1 Å². The molecule has 152 valence electrons. The molecule has 1 N–H and O–H groups in total. The first kappa shape index (κ1) is 20.2. The van der Waals surface area contributed by atoms with Gasteiger partial charge in [0.15, 0.2) is 0 Å². The summed E-state index contributed by atoms with van der Waals surface area (Å²) >= 11 is 0. The smallest absolute Gasteiger partial charge is 0.475 e. The summed E-state index contributed by atoms with van der Waals surface area (Å²) in [4.78, 5) is 11.4. The molecule has 0 spiro atoms. The Morgan fingerprint density at radius 3 is 2.63 bits per heavy atom. The fraction of sp³-hybridized carbons (Fsp3) is 0.722. The van der Waals surface area contributed by atoms with Crippen LogP contribution in [-0.2, 0) is 20.8 Å². The van der Waals surface area contributed by atoms with Crippen molar-refractivity contribution in [1.29, 1.82) is 0 Å². The summed E-state index contributed by atoms with van der Waals surface area (Å²) in [5.41, 5.74) is 0. The third-order valence-electron chi connectivity index (χ3n) is 5.07. The number of fused-ring (bicyclic) bond motifs is 1. The number of nitrogens with zero attached hydrogens (tertiary/aromatic N) is 1. The Labute approximate surface area is 155 Å². The van der Waals surface area contributed by atoms with E-state index in [-0.39, 0.29) is 6.10 Å². The zero-order valence-electron chi connectivity index (χ0n) is 14.9. The summed E-state index contributed by atoms with van der Waals surface area (Å²) in [6.45, 7) is 3.64. The van der Waals surface area contributed by atoms with Gasteiger partial charge >= 0.3 is 12.1 Å². The highest BCUT2D eigenvalue weighted by Crippen LogP contribution is 2.35. The molecule has 6 nitrogen and oxygen atoms in total. The lowest BCUT2D eigenvalue weighted by atomic mass is 10.1. The summed E-state index contributed by atoms with van der Waals surface area (Å²) < 4.78 is 49.3. The van der Waals surface area contributed by atoms with E-state index in [1.165, 1.54) is 19.3 Å². The fourth-order valence-electron chi connectivity index (χ4n) is 3.51. The SMILES string of the molecule is O=C(O)C(F)(F)F.c1coc(CN2CCO[C@H]3[C@@H](OCC4CC4)CC[C@@H]32)c1. The van der Waals surface area contributed by atoms with Crippen LogP contribution in [0.1, 0.15) is 31.4 Å². The topological polar surface area (TPSA) is 72.1 Å². The van der Waals surface area contributed by atoms with Crippen LogP contribution < -0.4 is 0 Å². The van der Waals surface area contributed by atoms with Crippen molar-refractivity contribution in [2.45, 2.75) is 56.7 Å². The van der Waals surface area contributed by atoms with E-state index in [4.69, 9.17) is 23.8 Å². The zero-order valence-corrected chi connectivity index (χ0v) is 14.9. The third kappa shape index (κ3) is 5.70. The van der Waals surface area contributed by atoms with Crippen molar-refractivity contribution in [2.75, 3.05) is 19.8 Å². The maximum Gasteiger partial charge on any atom is 0.490 e. The molecule has 1 aromatic rings. The number of morpholine rings is 1. The Morgan fingerprint density at radius 1 is 1.30 bits per heavy atom. The predicted octanol–water partition coefficient (Wildman–Crippen LogP) is 3.07. The number of furan rings is 1. The minimum absolute atomic E-state index is 0.262. The molecule has 3 fully saturated rings. The number of carboxylic acids is 1. The maximum absolute atomic E-state index is 10.6. The Bertz CT molecular complexity index is 603. The minimum Gasteiger partial charge on any atom is -0.475 e. The van der Waals surface area contributed by atoms with Crippen molar-refractivity contribution < 1.29 is 37.0 Å². The van der Waals surface area contributed by atoms with Crippen molar-refractivity contribution in [3.05, 3.63) is 24.2 Å². The second-order valence-electron chi connectivity index (χ2n) is 7.15. The second-order valence-corrected chi connectivity index (χ2v) is 7.15. The summed E-state index contributed by atoms with van der Waals surface area (Å²) in [7, 11) is 0. The van der Waals surface area contributed by atoms with Gasteiger partial charge in [-0.15, -0.1) is 0 Å². The van der Waals surface area contributed by atoms with Crippen LogP contribution in [0.5, 0.6) is 0 Å². The molecule has 9 heteroatoms. The number of ether oxygens (including phenoxy) is 2. The lowest BCUT2D eigenvalue weighted by Crippen LogP contribution is -2.51. The number of carbonyl (C=O) groups is 1. The number of rotatable bonds is 5. The van der Waals surface area contributed by atoms with Crippen molar-refractivity contribution in [2.24, 2.45) is 5.92 Å². The first-order valence-electron chi connectivity index (χ1n) is 9.14. The van der Waals surface area contributed by atoms with Crippen LogP contribution in [0, 0.1) is 5.92 Å². The molecule has 0 aromatic carbocycles. The molecule has 2 saturated carbocycles. The van der Waals surface area contributed by atoms with Crippen molar-refractivity contribution in [3.63, 3.8) is 0 Å². The second kappa shape index (κ2) is 8.62. The summed E-state index contributed by atoms with van der Waals surface area (Å²) in [6, 6.07) is 4.52. The molecule has 1 aromatic heterocycles. The molecule has 0 radical (unpaired) electrons. The van der Waals surface area contributed by atoms with E-state index < -0.39 is 12.1 Å². The Hall–Kier alpha value is -1.58. The van der Waals surface area contributed by atoms with Gasteiger partial charge in [0.05, 0.1) is 31.6 Å². The Morgan fingerprint density at radius 2 is 2.04 bits per heavy atom. The minimum atomic E-state index is -5.08. The van der Waals surface area contributed by atoms with Crippen LogP contribution in [0.4, 0.5) is 13.2 Å². The number of hydrogen-bond donors (Lipinski definition) is 1. The van der Waals surface area contributed by atoms with Gasteiger partial charge in [0, 0.05) is 19.2 Å². The van der Waals surface area contributed by atoms with E-state index in [9.17, 15) is 13.2 Å². The number of halogens is 3. The van der Waals surface area contributed by atoms with Crippen LogP contribution >= 0.6 is 0 Å². The molecule has 3 atom stereocenters. The van der Waals surface area contributed by atoms with Gasteiger partial charge in [0.25, 0.3) is 0 Å². The van der Waals surface area contributed by atoms with Crippen LogP contribution in [0.15, 0.2) is 22.8 Å². The van der Waals surface area contributed by atoms with Crippen LogP contribution in [-0.4, -0.2) is 60.2 Å². The standard InChI is InChI=1S/C16H23NO3.C2HF3O2/c1-2-13(18-8-1)10-17-7-9-19-16-14(17)5-6-15(16)20-11-12-3-4-12;3-2(4,5)1(6)7/h1-2,8,12,14-16H,3-7,9-11H2;(H,6,7)/t14-,15-,16+;/m0./s1. The zero-order chi connectivity index (χ0) is 19.4. The van der Waals surface area contributed by atoms with Crippen LogP contribution in [0.25, 0.3) is 0 Å². The maximum atomic E-state index is 10.6. The summed E-state index contributed by atoms with van der Waals surface area (Å²) in [5, 5.41) is 7.12. The third-order valence-corrected chi connectivity index (χ3v) is 5.07. The normalized spacial score (nSPS) is 28.3. The van der Waals surface area contributed by atoms with Gasteiger partial charge in [-0.05, 0) is 43.7 Å². The molecular weight excluding hydrogens is 367 g/mol. The first-order chi connectivity index (χ1) is 12.8. The fourth-order valence-corrected chi connectivity index (χ4v) is 3.51. The van der Waals surface area contributed by atoms with E-state index in [1.807, 2.05) is 6.07 Å². The molecule has 0 bridgehead atoms. The number of hydrogen-bond acceptors (Lipinski definition) is 5. The van der Waals surface area contributed by atoms with Crippen molar-refractivity contribution in [1.82, 2.24) is 4.90 Å². The Kier molecular flexibility index (Phi) is 6.44. The van der Waals surface area contributed by atoms with Gasteiger partial charge in [-0.1, -0.05) is 0 Å². The van der Waals surface area contributed by atoms with Gasteiger partial charge in [0.2, 0.25) is 0 Å². The molecule has 2 heterocycles. The largest absolute Gasteiger partial charge is 0.490 e. The quantitative estimate of drug-likeness (QED) is 0.832. The van der Waals surface area contributed by atoms with E-state index in [1.54, 1.807) is 6.26 Å². The van der Waals surface area contributed by atoms with Crippen molar-refractivity contribution >= 4 is 5.97 Å². The highest BCUT2D eigenvalue weighted by atomic mass is 19.4. The number of alkyl halides is 3. The highest BCUT2D eigenvalue weighted by molar-refractivity contribution is 5.73. The number of carboxylic acid groups (broad SMARTS) is 1. The lowest BCUT2D eigenvalue weighted by molar-refractivity contribution is -0.192. The van der Waals surface area contributed by atoms with Gasteiger partial charge in [-0.2, -0.15) is 13.2 Å². The molecule has 27 heavy (non-hydrogen) atoms. The molecule has 0 amide bonds. The molecule has 3 aliphatic rings. The first-order valence-corrected chi connectivity index (χ1v) is 9.14. The molecule has 1 saturated heterocycles. The summed E-state index contributed by atoms with van der Waals surface area (Å²) in [6.07, 6.45) is 2.26. The molecular formula is C18H24F3NO5. The molecule has 1 aliphatic heterocycles. The molecule has 0 unspecified atom stereocenters. The van der Waals surface area contributed by atoms with E-state index >= 15 is 0 Å². The molecule has 4 rings (SSSR count). The average molecular weight is 391 g/mol. The lowest BCUT2D eigenvalue weighted by Gasteiger charge is -2.38. The van der Waals surface area contributed by atoms with Gasteiger partial charge in [-0.25, -0.2) is 4.79 Å². The average Bonchev–Trinajstić information content (AvgIpc) is 3.12. The van der Waals surface area contributed by atoms with Crippen molar-refractivity contribution in [3.8, 4) is 0 Å². The Balaban J connectivity index is 0.000000260. The molecule has 2 aliphatic carbocycles. The number of aliphatic carboxylic acids is 1. The highest BCUT2D eigenvalue weighted by Gasteiger charge is 2.44. The monoisotopic (exact) mass is 391 g/mol. The van der Waals surface area contributed by atoms with E-state index in [2.05, 4.69) is 11.0 Å². The van der Waals surface area contributed by atoms with Gasteiger partial charge in [0.1, 0.15) is 5.76 Å². The van der Waals surface area contributed by atoms with E-state index in [0.717, 1.165) is 44.4 Å². The summed E-state index contributed by atoms with van der Waals surface area (Å²) in [5.74, 6) is -0.877. The predicted molar refractivity (Wildman–Crippen MR) is 88.0 cm³/mol.